The van der Waals surface area contributed by atoms with Gasteiger partial charge >= 0.3 is 0 Å². The molecule has 0 spiro atoms. The predicted octanol–water partition coefficient (Wildman–Crippen LogP) is 2.70. The average molecular weight is 305 g/mol. The molecule has 110 valence electrons. The molecule has 5 heteroatoms. The minimum atomic E-state index is -0.373. The first-order valence-corrected chi connectivity index (χ1v) is 7.09. The molecule has 1 amide bonds. The molecular weight excluding hydrogens is 288 g/mol. The Balaban J connectivity index is 2.03. The van der Waals surface area contributed by atoms with E-state index in [0.717, 1.165) is 11.3 Å². The number of carbonyl (C=O) groups excluding carboxylic acids is 1. The summed E-state index contributed by atoms with van der Waals surface area (Å²) in [6, 6.07) is 10.6. The van der Waals surface area contributed by atoms with E-state index in [9.17, 15) is 9.59 Å². The lowest BCUT2D eigenvalue weighted by Crippen LogP contribution is -2.37. The van der Waals surface area contributed by atoms with Gasteiger partial charge in [-0.15, -0.1) is 0 Å². The largest absolute Gasteiger partial charge is 0.349 e. The van der Waals surface area contributed by atoms with Crippen molar-refractivity contribution in [2.24, 2.45) is 0 Å². The van der Waals surface area contributed by atoms with E-state index in [4.69, 9.17) is 11.6 Å². The Morgan fingerprint density at radius 3 is 2.76 bits per heavy atom. The standard InChI is InChI=1S/C16H17ClN2O2/c1-10-6-7-14(15(20)18-10)16(21)19-11(2)8-12-4-3-5-13(17)9-12/h3-7,9,11H,8H2,1-2H3,(H,18,20)(H,19,21)/t11-/m1/s1. The molecule has 0 unspecified atom stereocenters. The van der Waals surface area contributed by atoms with Gasteiger partial charge in [0, 0.05) is 16.8 Å². The molecule has 2 rings (SSSR count). The molecule has 1 heterocycles. The summed E-state index contributed by atoms with van der Waals surface area (Å²) in [7, 11) is 0. The summed E-state index contributed by atoms with van der Waals surface area (Å²) in [4.78, 5) is 26.4. The number of benzene rings is 1. The van der Waals surface area contributed by atoms with Crippen LogP contribution in [0.25, 0.3) is 0 Å². The van der Waals surface area contributed by atoms with Crippen LogP contribution < -0.4 is 10.9 Å². The number of pyridine rings is 1. The number of aromatic amines is 1. The molecule has 0 saturated heterocycles. The van der Waals surface area contributed by atoms with Gasteiger partial charge in [-0.1, -0.05) is 23.7 Å². The Kier molecular flexibility index (Phi) is 4.81. The molecular formula is C16H17ClN2O2. The number of aromatic nitrogens is 1. The third-order valence-corrected chi connectivity index (χ3v) is 3.34. The molecule has 0 fully saturated rings. The van der Waals surface area contributed by atoms with Crippen LogP contribution in [-0.4, -0.2) is 16.9 Å². The molecule has 2 aromatic rings. The molecule has 0 aliphatic carbocycles. The van der Waals surface area contributed by atoms with Crippen molar-refractivity contribution >= 4 is 17.5 Å². The molecule has 21 heavy (non-hydrogen) atoms. The first kappa shape index (κ1) is 15.3. The van der Waals surface area contributed by atoms with Crippen LogP contribution in [0.15, 0.2) is 41.2 Å². The quantitative estimate of drug-likeness (QED) is 0.912. The number of amides is 1. The van der Waals surface area contributed by atoms with Crippen molar-refractivity contribution in [3.63, 3.8) is 0 Å². The highest BCUT2D eigenvalue weighted by atomic mass is 35.5. The van der Waals surface area contributed by atoms with Crippen molar-refractivity contribution in [3.05, 3.63) is 68.6 Å². The number of hydrogen-bond acceptors (Lipinski definition) is 2. The zero-order valence-electron chi connectivity index (χ0n) is 11.9. The Hall–Kier alpha value is -2.07. The topological polar surface area (TPSA) is 62.0 Å². The Morgan fingerprint density at radius 1 is 1.33 bits per heavy atom. The second-order valence-corrected chi connectivity index (χ2v) is 5.53. The SMILES string of the molecule is Cc1ccc(C(=O)N[C@H](C)Cc2cccc(Cl)c2)c(=O)[nH]1. The van der Waals surface area contributed by atoms with Crippen molar-refractivity contribution in [2.75, 3.05) is 0 Å². The van der Waals surface area contributed by atoms with Crippen LogP contribution in [-0.2, 0) is 6.42 Å². The summed E-state index contributed by atoms with van der Waals surface area (Å²) in [5, 5.41) is 3.49. The van der Waals surface area contributed by atoms with Crippen LogP contribution in [0.1, 0.15) is 28.5 Å². The zero-order valence-corrected chi connectivity index (χ0v) is 12.7. The van der Waals surface area contributed by atoms with Gasteiger partial charge in [0.05, 0.1) is 0 Å². The monoisotopic (exact) mass is 304 g/mol. The number of halogens is 1. The smallest absolute Gasteiger partial charge is 0.260 e. The van der Waals surface area contributed by atoms with E-state index in [1.54, 1.807) is 19.1 Å². The van der Waals surface area contributed by atoms with Gasteiger partial charge in [0.15, 0.2) is 0 Å². The van der Waals surface area contributed by atoms with Gasteiger partial charge in [-0.2, -0.15) is 0 Å². The molecule has 0 saturated carbocycles. The third kappa shape index (κ3) is 4.20. The summed E-state index contributed by atoms with van der Waals surface area (Å²) in [6.07, 6.45) is 0.649. The van der Waals surface area contributed by atoms with E-state index in [0.29, 0.717) is 11.4 Å². The number of aryl methyl sites for hydroxylation is 1. The summed E-state index contributed by atoms with van der Waals surface area (Å²) < 4.78 is 0. The lowest BCUT2D eigenvalue weighted by molar-refractivity contribution is 0.0938. The molecule has 0 aliphatic rings. The van der Waals surface area contributed by atoms with Gasteiger partial charge in [-0.3, -0.25) is 9.59 Å². The molecule has 4 nitrogen and oxygen atoms in total. The van der Waals surface area contributed by atoms with Crippen molar-refractivity contribution < 1.29 is 4.79 Å². The molecule has 1 atom stereocenters. The number of hydrogen-bond donors (Lipinski definition) is 2. The van der Waals surface area contributed by atoms with Crippen LogP contribution >= 0.6 is 11.6 Å². The first-order chi connectivity index (χ1) is 9.95. The van der Waals surface area contributed by atoms with E-state index in [-0.39, 0.29) is 23.1 Å². The number of H-pyrrole nitrogens is 1. The van der Waals surface area contributed by atoms with Gasteiger partial charge in [-0.05, 0) is 50.1 Å². The van der Waals surface area contributed by atoms with Crippen LogP contribution in [0.2, 0.25) is 5.02 Å². The van der Waals surface area contributed by atoms with E-state index < -0.39 is 0 Å². The van der Waals surface area contributed by atoms with E-state index in [1.165, 1.54) is 6.07 Å². The molecule has 0 radical (unpaired) electrons. The Bertz CT molecular complexity index is 709. The summed E-state index contributed by atoms with van der Waals surface area (Å²) in [6.45, 7) is 3.66. The summed E-state index contributed by atoms with van der Waals surface area (Å²) in [5.41, 5.74) is 1.51. The van der Waals surface area contributed by atoms with Crippen LogP contribution in [0.5, 0.6) is 0 Å². The molecule has 1 aromatic heterocycles. The van der Waals surface area contributed by atoms with E-state index in [2.05, 4.69) is 10.3 Å². The van der Waals surface area contributed by atoms with Gasteiger partial charge in [0.2, 0.25) is 0 Å². The fourth-order valence-corrected chi connectivity index (χ4v) is 2.33. The first-order valence-electron chi connectivity index (χ1n) is 6.71. The predicted molar refractivity (Wildman–Crippen MR) is 83.9 cm³/mol. The number of carbonyl (C=O) groups is 1. The summed E-state index contributed by atoms with van der Waals surface area (Å²) in [5.74, 6) is -0.370. The fraction of sp³-hybridized carbons (Fsp3) is 0.250. The highest BCUT2D eigenvalue weighted by Gasteiger charge is 2.13. The van der Waals surface area contributed by atoms with Gasteiger partial charge in [-0.25, -0.2) is 0 Å². The molecule has 1 aromatic carbocycles. The van der Waals surface area contributed by atoms with E-state index in [1.807, 2.05) is 25.1 Å². The second kappa shape index (κ2) is 6.59. The maximum Gasteiger partial charge on any atom is 0.260 e. The van der Waals surface area contributed by atoms with Gasteiger partial charge in [0.25, 0.3) is 11.5 Å². The minimum Gasteiger partial charge on any atom is -0.349 e. The second-order valence-electron chi connectivity index (χ2n) is 5.09. The van der Waals surface area contributed by atoms with Crippen LogP contribution in [0.4, 0.5) is 0 Å². The van der Waals surface area contributed by atoms with Crippen molar-refractivity contribution in [1.29, 1.82) is 0 Å². The van der Waals surface area contributed by atoms with Crippen molar-refractivity contribution in [3.8, 4) is 0 Å². The highest BCUT2D eigenvalue weighted by molar-refractivity contribution is 6.30. The van der Waals surface area contributed by atoms with Crippen LogP contribution in [0.3, 0.4) is 0 Å². The van der Waals surface area contributed by atoms with Crippen molar-refractivity contribution in [1.82, 2.24) is 10.3 Å². The average Bonchev–Trinajstić information content (AvgIpc) is 2.38. The number of nitrogens with one attached hydrogen (secondary N) is 2. The molecule has 0 bridgehead atoms. The maximum atomic E-state index is 12.1. The number of rotatable bonds is 4. The summed E-state index contributed by atoms with van der Waals surface area (Å²) >= 11 is 5.93. The van der Waals surface area contributed by atoms with Crippen molar-refractivity contribution in [2.45, 2.75) is 26.3 Å². The Morgan fingerprint density at radius 2 is 2.10 bits per heavy atom. The van der Waals surface area contributed by atoms with Gasteiger partial charge < -0.3 is 10.3 Å². The fourth-order valence-electron chi connectivity index (χ4n) is 2.12. The van der Waals surface area contributed by atoms with E-state index >= 15 is 0 Å². The maximum absolute atomic E-state index is 12.1. The molecule has 2 N–H and O–H groups in total. The zero-order chi connectivity index (χ0) is 15.4. The third-order valence-electron chi connectivity index (χ3n) is 3.11. The highest BCUT2D eigenvalue weighted by Crippen LogP contribution is 2.12. The Labute approximate surface area is 128 Å². The lowest BCUT2D eigenvalue weighted by atomic mass is 10.1. The minimum absolute atomic E-state index is 0.100. The van der Waals surface area contributed by atoms with Crippen LogP contribution in [0, 0.1) is 6.92 Å². The van der Waals surface area contributed by atoms with Gasteiger partial charge in [0.1, 0.15) is 5.56 Å². The molecule has 0 aliphatic heterocycles. The lowest BCUT2D eigenvalue weighted by Gasteiger charge is -2.14. The normalized spacial score (nSPS) is 12.0.